The van der Waals surface area contributed by atoms with Crippen LogP contribution in [0.2, 0.25) is 10.0 Å². The maximum Gasteiger partial charge on any atom is 0.0603 e. The van der Waals surface area contributed by atoms with E-state index in [2.05, 4.69) is 32.0 Å². The fraction of sp³-hybridized carbons (Fsp3) is 0.294. The Kier molecular flexibility index (Phi) is 6.00. The first-order valence-corrected chi connectivity index (χ1v) is 8.55. The first kappa shape index (κ1) is 16.7. The Morgan fingerprint density at radius 2 is 1.71 bits per heavy atom. The van der Waals surface area contributed by atoms with Crippen molar-refractivity contribution in [2.75, 3.05) is 0 Å². The van der Waals surface area contributed by atoms with E-state index >= 15 is 0 Å². The fourth-order valence-electron chi connectivity index (χ4n) is 2.06. The highest BCUT2D eigenvalue weighted by atomic mass is 35.5. The van der Waals surface area contributed by atoms with Gasteiger partial charge in [-0.2, -0.15) is 0 Å². The Morgan fingerprint density at radius 3 is 2.33 bits per heavy atom. The lowest BCUT2D eigenvalue weighted by molar-refractivity contribution is 0.644. The van der Waals surface area contributed by atoms with Crippen LogP contribution in [0.25, 0.3) is 0 Å². The van der Waals surface area contributed by atoms with Gasteiger partial charge in [0.2, 0.25) is 0 Å². The summed E-state index contributed by atoms with van der Waals surface area (Å²) in [6, 6.07) is 12.4. The molecule has 1 atom stereocenters. The molecule has 2 N–H and O–H groups in total. The molecule has 1 nitrogen and oxygen atoms in total. The third-order valence-corrected chi connectivity index (χ3v) is 5.17. The summed E-state index contributed by atoms with van der Waals surface area (Å²) in [5.41, 5.74) is 8.64. The molecular formula is C17H19Cl2NS. The fourth-order valence-corrected chi connectivity index (χ4v) is 3.38. The van der Waals surface area contributed by atoms with Crippen molar-refractivity contribution in [3.8, 4) is 0 Å². The van der Waals surface area contributed by atoms with Crippen molar-refractivity contribution in [3.05, 3.63) is 57.6 Å². The molecule has 0 aromatic heterocycles. The zero-order valence-corrected chi connectivity index (χ0v) is 14.5. The molecule has 4 heteroatoms. The van der Waals surface area contributed by atoms with Crippen LogP contribution >= 0.6 is 35.0 Å². The third-order valence-electron chi connectivity index (χ3n) is 3.45. The molecule has 0 aliphatic carbocycles. The molecule has 0 saturated carbocycles. The van der Waals surface area contributed by atoms with Gasteiger partial charge in [-0.25, -0.2) is 0 Å². The minimum atomic E-state index is 0.234. The lowest BCUT2D eigenvalue weighted by atomic mass is 10.0. The summed E-state index contributed by atoms with van der Waals surface area (Å²) in [6.45, 7) is 4.26. The molecule has 21 heavy (non-hydrogen) atoms. The van der Waals surface area contributed by atoms with Crippen molar-refractivity contribution in [1.29, 1.82) is 0 Å². The predicted octanol–water partition coefficient (Wildman–Crippen LogP) is 5.73. The van der Waals surface area contributed by atoms with E-state index in [0.29, 0.717) is 10.0 Å². The van der Waals surface area contributed by atoms with E-state index in [9.17, 15) is 0 Å². The number of rotatable bonds is 5. The maximum atomic E-state index is 6.05. The monoisotopic (exact) mass is 339 g/mol. The van der Waals surface area contributed by atoms with Crippen LogP contribution in [0, 0.1) is 6.92 Å². The van der Waals surface area contributed by atoms with Crippen LogP contribution in [0.5, 0.6) is 0 Å². The van der Waals surface area contributed by atoms with Crippen LogP contribution in [-0.4, -0.2) is 6.04 Å². The van der Waals surface area contributed by atoms with Gasteiger partial charge in [-0.1, -0.05) is 48.0 Å². The Hall–Kier alpha value is -0.670. The Bertz CT molecular complexity index is 628. The topological polar surface area (TPSA) is 26.0 Å². The van der Waals surface area contributed by atoms with Crippen LogP contribution in [0.4, 0.5) is 0 Å². The molecule has 1 unspecified atom stereocenters. The molecule has 0 radical (unpaired) electrons. The van der Waals surface area contributed by atoms with Gasteiger partial charge in [0.05, 0.1) is 10.0 Å². The van der Waals surface area contributed by atoms with Crippen LogP contribution < -0.4 is 5.73 Å². The second-order valence-corrected chi connectivity index (χ2v) is 7.10. The van der Waals surface area contributed by atoms with Gasteiger partial charge in [0.25, 0.3) is 0 Å². The van der Waals surface area contributed by atoms with Crippen molar-refractivity contribution in [3.63, 3.8) is 0 Å². The minimum absolute atomic E-state index is 0.234. The summed E-state index contributed by atoms with van der Waals surface area (Å²) in [5.74, 6) is 0. The molecule has 0 amide bonds. The SMILES string of the molecule is CCC(N)Cc1ccc(Sc2ccc(Cl)c(Cl)c2)cc1C. The van der Waals surface area contributed by atoms with Crippen molar-refractivity contribution >= 4 is 35.0 Å². The van der Waals surface area contributed by atoms with Gasteiger partial charge in [-0.3, -0.25) is 0 Å². The summed E-state index contributed by atoms with van der Waals surface area (Å²) >= 11 is 13.7. The summed E-state index contributed by atoms with van der Waals surface area (Å²) < 4.78 is 0. The molecule has 0 saturated heterocycles. The molecule has 112 valence electrons. The van der Waals surface area contributed by atoms with Crippen LogP contribution in [-0.2, 0) is 6.42 Å². The molecule has 0 fully saturated rings. The van der Waals surface area contributed by atoms with Gasteiger partial charge in [-0.05, 0) is 61.2 Å². The second-order valence-electron chi connectivity index (χ2n) is 5.14. The quantitative estimate of drug-likeness (QED) is 0.752. The van der Waals surface area contributed by atoms with Crippen molar-refractivity contribution in [1.82, 2.24) is 0 Å². The van der Waals surface area contributed by atoms with E-state index in [1.807, 2.05) is 18.2 Å². The molecule has 2 aromatic rings. The van der Waals surface area contributed by atoms with Crippen molar-refractivity contribution in [2.45, 2.75) is 42.5 Å². The largest absolute Gasteiger partial charge is 0.327 e. The first-order chi connectivity index (χ1) is 9.99. The highest BCUT2D eigenvalue weighted by Crippen LogP contribution is 2.33. The van der Waals surface area contributed by atoms with E-state index in [1.165, 1.54) is 16.0 Å². The molecule has 0 aliphatic rings. The van der Waals surface area contributed by atoms with E-state index in [0.717, 1.165) is 17.7 Å². The molecule has 0 bridgehead atoms. The van der Waals surface area contributed by atoms with Crippen LogP contribution in [0.15, 0.2) is 46.2 Å². The molecular weight excluding hydrogens is 321 g/mol. The lowest BCUT2D eigenvalue weighted by Gasteiger charge is -2.12. The average Bonchev–Trinajstić information content (AvgIpc) is 2.45. The summed E-state index contributed by atoms with van der Waals surface area (Å²) in [6.07, 6.45) is 1.93. The second kappa shape index (κ2) is 7.55. The first-order valence-electron chi connectivity index (χ1n) is 6.97. The van der Waals surface area contributed by atoms with Crippen molar-refractivity contribution < 1.29 is 0 Å². The predicted molar refractivity (Wildman–Crippen MR) is 93.7 cm³/mol. The van der Waals surface area contributed by atoms with E-state index in [-0.39, 0.29) is 6.04 Å². The number of nitrogens with two attached hydrogens (primary N) is 1. The Labute approximate surface area is 140 Å². The number of halogens is 2. The standard InChI is InChI=1S/C17H19Cl2NS/c1-3-13(20)9-12-4-5-14(8-11(12)2)21-15-6-7-16(18)17(19)10-15/h4-8,10,13H,3,9,20H2,1-2H3. The van der Waals surface area contributed by atoms with Gasteiger partial charge >= 0.3 is 0 Å². The lowest BCUT2D eigenvalue weighted by Crippen LogP contribution is -2.21. The minimum Gasteiger partial charge on any atom is -0.327 e. The maximum absolute atomic E-state index is 6.05. The highest BCUT2D eigenvalue weighted by molar-refractivity contribution is 7.99. The average molecular weight is 340 g/mol. The number of aryl methyl sites for hydroxylation is 1. The van der Waals surface area contributed by atoms with Crippen molar-refractivity contribution in [2.24, 2.45) is 5.73 Å². The number of hydrogen-bond acceptors (Lipinski definition) is 2. The summed E-state index contributed by atoms with van der Waals surface area (Å²) in [4.78, 5) is 2.28. The van der Waals surface area contributed by atoms with E-state index < -0.39 is 0 Å². The zero-order chi connectivity index (χ0) is 15.4. The van der Waals surface area contributed by atoms with Gasteiger partial charge in [0.15, 0.2) is 0 Å². The molecule has 2 rings (SSSR count). The van der Waals surface area contributed by atoms with Gasteiger partial charge < -0.3 is 5.73 Å². The number of benzene rings is 2. The molecule has 0 heterocycles. The normalized spacial score (nSPS) is 12.4. The Morgan fingerprint density at radius 1 is 1.05 bits per heavy atom. The van der Waals surface area contributed by atoms with Gasteiger partial charge in [-0.15, -0.1) is 0 Å². The highest BCUT2D eigenvalue weighted by Gasteiger charge is 2.07. The van der Waals surface area contributed by atoms with Crippen LogP contribution in [0.1, 0.15) is 24.5 Å². The summed E-state index contributed by atoms with van der Waals surface area (Å²) in [5, 5.41) is 1.17. The molecule has 0 spiro atoms. The van der Waals surface area contributed by atoms with Crippen LogP contribution in [0.3, 0.4) is 0 Å². The van der Waals surface area contributed by atoms with Gasteiger partial charge in [0.1, 0.15) is 0 Å². The smallest absolute Gasteiger partial charge is 0.0603 e. The number of hydrogen-bond donors (Lipinski definition) is 1. The van der Waals surface area contributed by atoms with E-state index in [1.54, 1.807) is 11.8 Å². The Balaban J connectivity index is 2.14. The van der Waals surface area contributed by atoms with Gasteiger partial charge in [0, 0.05) is 15.8 Å². The molecule has 0 aliphatic heterocycles. The molecule has 2 aromatic carbocycles. The zero-order valence-electron chi connectivity index (χ0n) is 12.2. The summed E-state index contributed by atoms with van der Waals surface area (Å²) in [7, 11) is 0. The van der Waals surface area contributed by atoms with E-state index in [4.69, 9.17) is 28.9 Å². The third kappa shape index (κ3) is 4.65.